The number of benzene rings is 2. The van der Waals surface area contributed by atoms with Crippen LogP contribution in [-0.4, -0.2) is 6.04 Å². The lowest BCUT2D eigenvalue weighted by molar-refractivity contribution is 0.589. The molecule has 0 heterocycles. The van der Waals surface area contributed by atoms with E-state index < -0.39 is 0 Å². The molecule has 0 bridgehead atoms. The van der Waals surface area contributed by atoms with Gasteiger partial charge in [-0.2, -0.15) is 0 Å². The van der Waals surface area contributed by atoms with Gasteiger partial charge in [0, 0.05) is 12.6 Å². The van der Waals surface area contributed by atoms with Gasteiger partial charge in [0.2, 0.25) is 0 Å². The molecule has 2 rings (SSSR count). The van der Waals surface area contributed by atoms with Gasteiger partial charge in [0.25, 0.3) is 0 Å². The van der Waals surface area contributed by atoms with Gasteiger partial charge >= 0.3 is 0 Å². The maximum Gasteiger partial charge on any atom is 0.141 e. The predicted octanol–water partition coefficient (Wildman–Crippen LogP) is 4.64. The summed E-state index contributed by atoms with van der Waals surface area (Å²) in [6, 6.07) is 13.5. The maximum atomic E-state index is 13.1. The number of nitrogens with one attached hydrogen (secondary N) is 1. The zero-order valence-electron chi connectivity index (χ0n) is 11.1. The molecule has 0 saturated carbocycles. The van der Waals surface area contributed by atoms with Crippen molar-refractivity contribution in [3.05, 3.63) is 58.9 Å². The van der Waals surface area contributed by atoms with E-state index in [0.717, 1.165) is 17.7 Å². The van der Waals surface area contributed by atoms with Gasteiger partial charge in [0.05, 0.1) is 5.02 Å². The number of halogens is 2. The molecule has 0 saturated heterocycles. The van der Waals surface area contributed by atoms with Crippen LogP contribution in [0.2, 0.25) is 5.02 Å². The van der Waals surface area contributed by atoms with Gasteiger partial charge in [-0.15, -0.1) is 0 Å². The number of hydrogen-bond acceptors (Lipinski definition) is 1. The molecule has 2 aromatic rings. The molecule has 0 aliphatic heterocycles. The van der Waals surface area contributed by atoms with Crippen LogP contribution in [0.1, 0.15) is 19.4 Å². The first-order chi connectivity index (χ1) is 9.06. The van der Waals surface area contributed by atoms with Crippen LogP contribution in [-0.2, 0) is 6.54 Å². The van der Waals surface area contributed by atoms with Crippen molar-refractivity contribution in [2.75, 3.05) is 0 Å². The molecule has 1 N–H and O–H groups in total. The second-order valence-corrected chi connectivity index (χ2v) is 5.27. The van der Waals surface area contributed by atoms with Crippen molar-refractivity contribution in [2.45, 2.75) is 26.4 Å². The molecule has 19 heavy (non-hydrogen) atoms. The molecular weight excluding hydrogens is 261 g/mol. The quantitative estimate of drug-likeness (QED) is 0.858. The fourth-order valence-corrected chi connectivity index (χ4v) is 1.99. The lowest BCUT2D eigenvalue weighted by Crippen LogP contribution is -2.21. The third kappa shape index (κ3) is 3.79. The van der Waals surface area contributed by atoms with Gasteiger partial charge in [-0.05, 0) is 28.8 Å². The normalized spacial score (nSPS) is 11.0. The largest absolute Gasteiger partial charge is 0.310 e. The molecule has 0 spiro atoms. The molecule has 100 valence electrons. The van der Waals surface area contributed by atoms with Crippen molar-refractivity contribution >= 4 is 11.6 Å². The third-order valence-electron chi connectivity index (χ3n) is 2.92. The van der Waals surface area contributed by atoms with Crippen LogP contribution < -0.4 is 5.32 Å². The van der Waals surface area contributed by atoms with E-state index in [1.807, 2.05) is 12.1 Å². The summed E-state index contributed by atoms with van der Waals surface area (Å²) in [7, 11) is 0. The standard InChI is InChI=1S/C16H17ClFN/c1-11(2)19-10-12-3-5-13(6-4-12)14-7-8-16(18)15(17)9-14/h3-9,11,19H,10H2,1-2H3. The van der Waals surface area contributed by atoms with Gasteiger partial charge in [-0.3, -0.25) is 0 Å². The van der Waals surface area contributed by atoms with E-state index in [2.05, 4.69) is 31.3 Å². The van der Waals surface area contributed by atoms with Gasteiger partial charge in [0.1, 0.15) is 5.82 Å². The Balaban J connectivity index is 2.15. The average molecular weight is 278 g/mol. The summed E-state index contributed by atoms with van der Waals surface area (Å²) < 4.78 is 13.1. The third-order valence-corrected chi connectivity index (χ3v) is 3.21. The minimum atomic E-state index is -0.386. The summed E-state index contributed by atoms with van der Waals surface area (Å²) in [4.78, 5) is 0. The van der Waals surface area contributed by atoms with E-state index in [1.165, 1.54) is 11.6 Å². The highest BCUT2D eigenvalue weighted by atomic mass is 35.5. The molecule has 0 atom stereocenters. The summed E-state index contributed by atoms with van der Waals surface area (Å²) in [5, 5.41) is 3.52. The topological polar surface area (TPSA) is 12.0 Å². The molecule has 2 aromatic carbocycles. The van der Waals surface area contributed by atoms with E-state index in [1.54, 1.807) is 12.1 Å². The lowest BCUT2D eigenvalue weighted by atomic mass is 10.0. The van der Waals surface area contributed by atoms with Crippen molar-refractivity contribution in [3.63, 3.8) is 0 Å². The SMILES string of the molecule is CC(C)NCc1ccc(-c2ccc(F)c(Cl)c2)cc1. The van der Waals surface area contributed by atoms with E-state index in [9.17, 15) is 4.39 Å². The van der Waals surface area contributed by atoms with Crippen LogP contribution in [0.4, 0.5) is 4.39 Å². The van der Waals surface area contributed by atoms with Crippen molar-refractivity contribution < 1.29 is 4.39 Å². The molecule has 0 fully saturated rings. The fourth-order valence-electron chi connectivity index (χ4n) is 1.81. The van der Waals surface area contributed by atoms with Crippen LogP contribution in [0.25, 0.3) is 11.1 Å². The fraction of sp³-hybridized carbons (Fsp3) is 0.250. The Bertz CT molecular complexity index is 549. The van der Waals surface area contributed by atoms with Crippen molar-refractivity contribution in [1.82, 2.24) is 5.32 Å². The molecule has 3 heteroatoms. The molecule has 0 amide bonds. The van der Waals surface area contributed by atoms with Crippen molar-refractivity contribution in [2.24, 2.45) is 0 Å². The Hall–Kier alpha value is -1.38. The van der Waals surface area contributed by atoms with E-state index in [0.29, 0.717) is 6.04 Å². The molecule has 1 nitrogen and oxygen atoms in total. The van der Waals surface area contributed by atoms with Crippen LogP contribution in [0, 0.1) is 5.82 Å². The Kier molecular flexibility index (Phi) is 4.56. The van der Waals surface area contributed by atoms with Crippen molar-refractivity contribution in [3.8, 4) is 11.1 Å². The minimum Gasteiger partial charge on any atom is -0.310 e. The van der Waals surface area contributed by atoms with E-state index in [-0.39, 0.29) is 10.8 Å². The highest BCUT2D eigenvalue weighted by Gasteiger charge is 2.03. The molecule has 0 aliphatic rings. The predicted molar refractivity (Wildman–Crippen MR) is 78.8 cm³/mol. The summed E-state index contributed by atoms with van der Waals surface area (Å²) in [6.45, 7) is 5.09. The van der Waals surface area contributed by atoms with Gasteiger partial charge in [-0.25, -0.2) is 4.39 Å². The van der Waals surface area contributed by atoms with E-state index >= 15 is 0 Å². The van der Waals surface area contributed by atoms with Gasteiger partial charge < -0.3 is 5.32 Å². The summed E-state index contributed by atoms with van der Waals surface area (Å²) in [5.41, 5.74) is 3.19. The first-order valence-electron chi connectivity index (χ1n) is 6.34. The van der Waals surface area contributed by atoms with Gasteiger partial charge in [0.15, 0.2) is 0 Å². The lowest BCUT2D eigenvalue weighted by Gasteiger charge is -2.09. The molecule has 0 radical (unpaired) electrons. The first-order valence-corrected chi connectivity index (χ1v) is 6.72. The Morgan fingerprint density at radius 3 is 2.26 bits per heavy atom. The Morgan fingerprint density at radius 1 is 1.05 bits per heavy atom. The van der Waals surface area contributed by atoms with Crippen molar-refractivity contribution in [1.29, 1.82) is 0 Å². The van der Waals surface area contributed by atoms with Crippen LogP contribution in [0.15, 0.2) is 42.5 Å². The highest BCUT2D eigenvalue weighted by Crippen LogP contribution is 2.25. The van der Waals surface area contributed by atoms with Crippen LogP contribution in [0.5, 0.6) is 0 Å². The molecular formula is C16H17ClFN. The molecule has 0 aliphatic carbocycles. The molecule has 0 unspecified atom stereocenters. The Morgan fingerprint density at radius 2 is 1.68 bits per heavy atom. The summed E-state index contributed by atoms with van der Waals surface area (Å²) >= 11 is 5.79. The highest BCUT2D eigenvalue weighted by molar-refractivity contribution is 6.31. The van der Waals surface area contributed by atoms with Crippen LogP contribution >= 0.6 is 11.6 Å². The average Bonchev–Trinajstić information content (AvgIpc) is 2.40. The second-order valence-electron chi connectivity index (χ2n) is 4.86. The van der Waals surface area contributed by atoms with Crippen LogP contribution in [0.3, 0.4) is 0 Å². The number of hydrogen-bond donors (Lipinski definition) is 1. The smallest absolute Gasteiger partial charge is 0.141 e. The zero-order chi connectivity index (χ0) is 13.8. The maximum absolute atomic E-state index is 13.1. The monoisotopic (exact) mass is 277 g/mol. The van der Waals surface area contributed by atoms with Gasteiger partial charge in [-0.1, -0.05) is 55.8 Å². The zero-order valence-corrected chi connectivity index (χ0v) is 11.8. The first kappa shape index (κ1) is 14.0. The van der Waals surface area contributed by atoms with E-state index in [4.69, 9.17) is 11.6 Å². The number of rotatable bonds is 4. The second kappa shape index (κ2) is 6.18. The Labute approximate surface area is 118 Å². The molecule has 0 aromatic heterocycles. The minimum absolute atomic E-state index is 0.156. The summed E-state index contributed by atoms with van der Waals surface area (Å²) in [5.74, 6) is -0.386. The summed E-state index contributed by atoms with van der Waals surface area (Å²) in [6.07, 6.45) is 0.